The average Bonchev–Trinajstić information content (AvgIpc) is 2.30. The first-order valence-corrected chi connectivity index (χ1v) is 6.35. The third kappa shape index (κ3) is 3.74. The SMILES string of the molecule is CCOc1ccc(NC(=O)C(C)(C)Br)c(C#N)c1. The summed E-state index contributed by atoms with van der Waals surface area (Å²) in [6, 6.07) is 7.04. The molecule has 4 nitrogen and oxygen atoms in total. The van der Waals surface area contributed by atoms with E-state index in [2.05, 4.69) is 21.2 Å². The van der Waals surface area contributed by atoms with Crippen molar-refractivity contribution >= 4 is 27.5 Å². The molecule has 1 N–H and O–H groups in total. The molecule has 0 atom stereocenters. The van der Waals surface area contributed by atoms with E-state index in [1.165, 1.54) is 0 Å². The number of nitriles is 1. The summed E-state index contributed by atoms with van der Waals surface area (Å²) in [7, 11) is 0. The molecule has 18 heavy (non-hydrogen) atoms. The number of amides is 1. The summed E-state index contributed by atoms with van der Waals surface area (Å²) in [5, 5.41) is 11.8. The largest absolute Gasteiger partial charge is 0.494 e. The van der Waals surface area contributed by atoms with E-state index in [9.17, 15) is 4.79 Å². The first-order chi connectivity index (χ1) is 8.38. The van der Waals surface area contributed by atoms with Crippen molar-refractivity contribution in [2.24, 2.45) is 0 Å². The van der Waals surface area contributed by atoms with Crippen LogP contribution < -0.4 is 10.1 Å². The number of nitrogens with one attached hydrogen (secondary N) is 1. The van der Waals surface area contributed by atoms with Crippen LogP contribution in [0, 0.1) is 11.3 Å². The van der Waals surface area contributed by atoms with Gasteiger partial charge >= 0.3 is 0 Å². The number of ether oxygens (including phenoxy) is 1. The number of rotatable bonds is 4. The Morgan fingerprint density at radius 2 is 2.22 bits per heavy atom. The molecule has 0 radical (unpaired) electrons. The molecule has 96 valence electrons. The first kappa shape index (κ1) is 14.5. The van der Waals surface area contributed by atoms with Gasteiger partial charge in [-0.25, -0.2) is 0 Å². The number of hydrogen-bond donors (Lipinski definition) is 1. The van der Waals surface area contributed by atoms with E-state index in [0.29, 0.717) is 23.6 Å². The van der Waals surface area contributed by atoms with E-state index in [0.717, 1.165) is 0 Å². The second kappa shape index (κ2) is 5.87. The van der Waals surface area contributed by atoms with Crippen molar-refractivity contribution in [3.63, 3.8) is 0 Å². The Morgan fingerprint density at radius 1 is 1.56 bits per heavy atom. The van der Waals surface area contributed by atoms with Crippen molar-refractivity contribution in [2.45, 2.75) is 25.1 Å². The Labute approximate surface area is 115 Å². The molecule has 0 heterocycles. The van der Waals surface area contributed by atoms with Gasteiger partial charge in [0, 0.05) is 0 Å². The molecule has 0 aromatic heterocycles. The van der Waals surface area contributed by atoms with E-state index >= 15 is 0 Å². The molecule has 0 fully saturated rings. The Kier molecular flexibility index (Phi) is 4.74. The van der Waals surface area contributed by atoms with Crippen molar-refractivity contribution in [1.29, 1.82) is 5.26 Å². The van der Waals surface area contributed by atoms with Crippen molar-refractivity contribution in [1.82, 2.24) is 0 Å². The van der Waals surface area contributed by atoms with Crippen LogP contribution in [-0.4, -0.2) is 16.8 Å². The van der Waals surface area contributed by atoms with Crippen LogP contribution in [0.3, 0.4) is 0 Å². The second-order valence-electron chi connectivity index (χ2n) is 4.18. The second-order valence-corrected chi connectivity index (χ2v) is 6.16. The van der Waals surface area contributed by atoms with Gasteiger partial charge in [0.1, 0.15) is 11.8 Å². The van der Waals surface area contributed by atoms with E-state index in [1.54, 1.807) is 32.0 Å². The molecular formula is C13H15BrN2O2. The molecule has 0 aliphatic heterocycles. The smallest absolute Gasteiger partial charge is 0.240 e. The standard InChI is InChI=1S/C13H15BrN2O2/c1-4-18-10-5-6-11(9(7-10)8-15)16-12(17)13(2,3)14/h5-7H,4H2,1-3H3,(H,16,17). The average molecular weight is 311 g/mol. The molecule has 0 saturated carbocycles. The summed E-state index contributed by atoms with van der Waals surface area (Å²) in [6.45, 7) is 5.88. The summed E-state index contributed by atoms with van der Waals surface area (Å²) < 4.78 is 4.62. The highest BCUT2D eigenvalue weighted by molar-refractivity contribution is 9.10. The van der Waals surface area contributed by atoms with E-state index < -0.39 is 4.32 Å². The van der Waals surface area contributed by atoms with E-state index in [-0.39, 0.29) is 5.91 Å². The lowest BCUT2D eigenvalue weighted by molar-refractivity contribution is -0.117. The topological polar surface area (TPSA) is 62.1 Å². The molecule has 0 aliphatic rings. The van der Waals surface area contributed by atoms with Gasteiger partial charge in [0.25, 0.3) is 0 Å². The highest BCUT2D eigenvalue weighted by Crippen LogP contribution is 2.24. The monoisotopic (exact) mass is 310 g/mol. The Hall–Kier alpha value is -1.54. The summed E-state index contributed by atoms with van der Waals surface area (Å²) in [4.78, 5) is 11.8. The predicted octanol–water partition coefficient (Wildman–Crippen LogP) is 3.07. The fourth-order valence-electron chi connectivity index (χ4n) is 1.25. The van der Waals surface area contributed by atoms with Crippen LogP contribution in [0.1, 0.15) is 26.3 Å². The van der Waals surface area contributed by atoms with Gasteiger partial charge in [0.15, 0.2) is 0 Å². The van der Waals surface area contributed by atoms with Crippen LogP contribution in [-0.2, 0) is 4.79 Å². The lowest BCUT2D eigenvalue weighted by Crippen LogP contribution is -2.31. The number of anilines is 1. The van der Waals surface area contributed by atoms with Gasteiger partial charge in [-0.05, 0) is 39.0 Å². The molecule has 1 rings (SSSR count). The Balaban J connectivity index is 2.97. The number of hydrogen-bond acceptors (Lipinski definition) is 3. The van der Waals surface area contributed by atoms with Gasteiger partial charge in [0.2, 0.25) is 5.91 Å². The molecule has 1 aromatic rings. The van der Waals surface area contributed by atoms with Crippen molar-refractivity contribution in [2.75, 3.05) is 11.9 Å². The molecule has 1 aromatic carbocycles. The highest BCUT2D eigenvalue weighted by Gasteiger charge is 2.24. The number of alkyl halides is 1. The van der Waals surface area contributed by atoms with Crippen molar-refractivity contribution in [3.8, 4) is 11.8 Å². The molecule has 0 unspecified atom stereocenters. The zero-order valence-electron chi connectivity index (χ0n) is 10.6. The van der Waals surface area contributed by atoms with Gasteiger partial charge in [0.05, 0.1) is 22.2 Å². The minimum Gasteiger partial charge on any atom is -0.494 e. The molecule has 0 spiro atoms. The lowest BCUT2D eigenvalue weighted by Gasteiger charge is -2.16. The van der Waals surface area contributed by atoms with Crippen LogP contribution in [0.2, 0.25) is 0 Å². The Bertz CT molecular complexity index is 487. The minimum atomic E-state index is -0.682. The molecule has 0 aliphatic carbocycles. The number of nitrogens with zero attached hydrogens (tertiary/aromatic N) is 1. The van der Waals surface area contributed by atoms with Gasteiger partial charge < -0.3 is 10.1 Å². The number of carbonyl (C=O) groups is 1. The molecular weight excluding hydrogens is 296 g/mol. The molecule has 1 amide bonds. The number of halogens is 1. The van der Waals surface area contributed by atoms with Crippen LogP contribution in [0.5, 0.6) is 5.75 Å². The first-order valence-electron chi connectivity index (χ1n) is 5.55. The fraction of sp³-hybridized carbons (Fsp3) is 0.385. The third-order valence-electron chi connectivity index (χ3n) is 2.21. The van der Waals surface area contributed by atoms with Gasteiger partial charge in [-0.2, -0.15) is 5.26 Å². The van der Waals surface area contributed by atoms with Crippen LogP contribution in [0.15, 0.2) is 18.2 Å². The van der Waals surface area contributed by atoms with Crippen molar-refractivity contribution < 1.29 is 9.53 Å². The Morgan fingerprint density at radius 3 is 2.72 bits per heavy atom. The quantitative estimate of drug-likeness (QED) is 0.869. The van der Waals surface area contributed by atoms with Crippen molar-refractivity contribution in [3.05, 3.63) is 23.8 Å². The number of carbonyl (C=O) groups excluding carboxylic acids is 1. The fourth-order valence-corrected chi connectivity index (χ4v) is 1.35. The van der Waals surface area contributed by atoms with Crippen LogP contribution in [0.4, 0.5) is 5.69 Å². The van der Waals surface area contributed by atoms with Crippen LogP contribution in [0.25, 0.3) is 0 Å². The molecule has 0 bridgehead atoms. The normalized spacial score (nSPS) is 10.6. The summed E-state index contributed by atoms with van der Waals surface area (Å²) >= 11 is 3.27. The maximum atomic E-state index is 11.8. The summed E-state index contributed by atoms with van der Waals surface area (Å²) in [5.74, 6) is 0.410. The lowest BCUT2D eigenvalue weighted by atomic mass is 10.1. The van der Waals surface area contributed by atoms with Gasteiger partial charge in [-0.1, -0.05) is 15.9 Å². The molecule has 5 heteroatoms. The van der Waals surface area contributed by atoms with Gasteiger partial charge in [-0.3, -0.25) is 4.79 Å². The molecule has 0 saturated heterocycles. The van der Waals surface area contributed by atoms with E-state index in [4.69, 9.17) is 10.00 Å². The van der Waals surface area contributed by atoms with Gasteiger partial charge in [-0.15, -0.1) is 0 Å². The third-order valence-corrected chi connectivity index (χ3v) is 2.57. The predicted molar refractivity (Wildman–Crippen MR) is 74.0 cm³/mol. The highest BCUT2D eigenvalue weighted by atomic mass is 79.9. The van der Waals surface area contributed by atoms with Crippen LogP contribution >= 0.6 is 15.9 Å². The maximum Gasteiger partial charge on any atom is 0.240 e. The zero-order valence-corrected chi connectivity index (χ0v) is 12.2. The summed E-state index contributed by atoms with van der Waals surface area (Å²) in [5.41, 5.74) is 0.865. The zero-order chi connectivity index (χ0) is 13.8. The number of benzene rings is 1. The summed E-state index contributed by atoms with van der Waals surface area (Å²) in [6.07, 6.45) is 0. The maximum absolute atomic E-state index is 11.8. The van der Waals surface area contributed by atoms with E-state index in [1.807, 2.05) is 13.0 Å². The minimum absolute atomic E-state index is 0.205.